The zero-order valence-corrected chi connectivity index (χ0v) is 11.5. The van der Waals surface area contributed by atoms with E-state index < -0.39 is 12.0 Å². The minimum atomic E-state index is -0.737. The molecule has 0 aliphatic carbocycles. The van der Waals surface area contributed by atoms with Gasteiger partial charge in [0.25, 0.3) is 0 Å². The Balaban J connectivity index is 2.64. The summed E-state index contributed by atoms with van der Waals surface area (Å²) in [6.45, 7) is 10.7. The Bertz CT molecular complexity index is 254. The van der Waals surface area contributed by atoms with Gasteiger partial charge in [0.1, 0.15) is 12.3 Å². The molecule has 5 nitrogen and oxygen atoms in total. The van der Waals surface area contributed by atoms with E-state index in [1.54, 1.807) is 0 Å². The van der Waals surface area contributed by atoms with Crippen molar-refractivity contribution in [1.29, 1.82) is 0 Å². The third-order valence-corrected chi connectivity index (χ3v) is 2.91. The molecule has 1 unspecified atom stereocenters. The third kappa shape index (κ3) is 4.19. The van der Waals surface area contributed by atoms with Crippen molar-refractivity contribution in [1.82, 2.24) is 5.32 Å². The zero-order chi connectivity index (χ0) is 13.3. The first kappa shape index (κ1) is 14.9. The van der Waals surface area contributed by atoms with Crippen molar-refractivity contribution in [2.75, 3.05) is 13.2 Å². The highest BCUT2D eigenvalue weighted by Crippen LogP contribution is 2.35. The highest BCUT2D eigenvalue weighted by atomic mass is 16.7. The molecule has 0 radical (unpaired) electrons. The second-order valence-electron chi connectivity index (χ2n) is 6.05. The number of hydrogen-bond donors (Lipinski definition) is 3. The van der Waals surface area contributed by atoms with Gasteiger partial charge < -0.3 is 20.3 Å². The van der Waals surface area contributed by atoms with Crippen LogP contribution in [0.3, 0.4) is 0 Å². The normalized spacial score (nSPS) is 30.9. The van der Waals surface area contributed by atoms with Crippen molar-refractivity contribution < 1.29 is 14.6 Å². The molecule has 17 heavy (non-hydrogen) atoms. The molecule has 1 saturated heterocycles. The summed E-state index contributed by atoms with van der Waals surface area (Å²) < 4.78 is 11.4. The van der Waals surface area contributed by atoms with Gasteiger partial charge in [-0.15, -0.1) is 0 Å². The topological polar surface area (TPSA) is 76.7 Å². The van der Waals surface area contributed by atoms with E-state index in [-0.39, 0.29) is 17.6 Å². The highest BCUT2D eigenvalue weighted by molar-refractivity contribution is 4.88. The van der Waals surface area contributed by atoms with Crippen LogP contribution in [-0.2, 0) is 9.47 Å². The average Bonchev–Trinajstić information content (AvgIpc) is 2.19. The van der Waals surface area contributed by atoms with E-state index in [1.165, 1.54) is 0 Å². The molecule has 0 amide bonds. The number of aliphatic hydroxyl groups is 1. The van der Waals surface area contributed by atoms with Gasteiger partial charge in [0, 0.05) is 18.0 Å². The lowest BCUT2D eigenvalue weighted by Gasteiger charge is -2.47. The van der Waals surface area contributed by atoms with Crippen LogP contribution >= 0.6 is 0 Å². The van der Waals surface area contributed by atoms with Gasteiger partial charge >= 0.3 is 0 Å². The number of nitrogens with two attached hydrogens (primary N) is 1. The number of hydrogen-bond acceptors (Lipinski definition) is 5. The molecule has 0 saturated carbocycles. The summed E-state index contributed by atoms with van der Waals surface area (Å²) in [7, 11) is 0. The van der Waals surface area contributed by atoms with E-state index in [9.17, 15) is 5.11 Å². The van der Waals surface area contributed by atoms with E-state index in [0.29, 0.717) is 13.2 Å². The highest BCUT2D eigenvalue weighted by Gasteiger charge is 2.45. The molecule has 102 valence electrons. The largest absolute Gasteiger partial charge is 0.376 e. The van der Waals surface area contributed by atoms with Crippen molar-refractivity contribution in [2.45, 2.75) is 58.8 Å². The maximum absolute atomic E-state index is 10.1. The summed E-state index contributed by atoms with van der Waals surface area (Å²) >= 11 is 0. The molecule has 1 aliphatic heterocycles. The lowest BCUT2D eigenvalue weighted by Crippen LogP contribution is -2.59. The fourth-order valence-corrected chi connectivity index (χ4v) is 1.85. The Morgan fingerprint density at radius 3 is 2.53 bits per heavy atom. The van der Waals surface area contributed by atoms with Crippen LogP contribution in [0.4, 0.5) is 0 Å². The second-order valence-corrected chi connectivity index (χ2v) is 6.05. The summed E-state index contributed by atoms with van der Waals surface area (Å²) in [6, 6.07) is 0.000568. The predicted octanol–water partition coefficient (Wildman–Crippen LogP) is 0.419. The Morgan fingerprint density at radius 1 is 1.41 bits per heavy atom. The van der Waals surface area contributed by atoms with Crippen LogP contribution in [0.15, 0.2) is 0 Å². The summed E-state index contributed by atoms with van der Waals surface area (Å²) in [4.78, 5) is 0. The molecule has 0 aromatic rings. The van der Waals surface area contributed by atoms with Gasteiger partial charge in [0.2, 0.25) is 0 Å². The van der Waals surface area contributed by atoms with Crippen LogP contribution < -0.4 is 11.1 Å². The standard InChI is InChI=1S/C12H26N2O3/c1-8(13)6-14-10(15)9-11(2,3)7-16-12(4,5)17-9/h8-10,14-15H,6-7,13H2,1-5H3/t8-,9+,10?/m0/s1. The first-order valence-corrected chi connectivity index (χ1v) is 6.13. The molecular formula is C12H26N2O3. The van der Waals surface area contributed by atoms with Crippen LogP contribution in [0.2, 0.25) is 0 Å². The Labute approximate surface area is 104 Å². The van der Waals surface area contributed by atoms with Crippen molar-refractivity contribution >= 4 is 0 Å². The molecule has 0 bridgehead atoms. The fourth-order valence-electron chi connectivity index (χ4n) is 1.85. The van der Waals surface area contributed by atoms with Crippen molar-refractivity contribution in [2.24, 2.45) is 11.1 Å². The van der Waals surface area contributed by atoms with Gasteiger partial charge in [-0.3, -0.25) is 5.32 Å². The van der Waals surface area contributed by atoms with Gasteiger partial charge in [0.05, 0.1) is 6.61 Å². The zero-order valence-electron chi connectivity index (χ0n) is 11.5. The molecule has 1 heterocycles. The minimum Gasteiger partial charge on any atom is -0.376 e. The molecule has 0 aromatic heterocycles. The van der Waals surface area contributed by atoms with Crippen molar-refractivity contribution in [3.63, 3.8) is 0 Å². The van der Waals surface area contributed by atoms with E-state index in [4.69, 9.17) is 15.2 Å². The van der Waals surface area contributed by atoms with Gasteiger partial charge in [0.15, 0.2) is 5.79 Å². The second kappa shape index (κ2) is 5.20. The lowest BCUT2D eigenvalue weighted by molar-refractivity contribution is -0.329. The van der Waals surface area contributed by atoms with Gasteiger partial charge in [-0.2, -0.15) is 0 Å². The lowest BCUT2D eigenvalue weighted by atomic mass is 9.85. The summed E-state index contributed by atoms with van der Waals surface area (Å²) in [5.74, 6) is -0.656. The Kier molecular flexibility index (Phi) is 4.54. The Morgan fingerprint density at radius 2 is 2.00 bits per heavy atom. The smallest absolute Gasteiger partial charge is 0.163 e. The van der Waals surface area contributed by atoms with Crippen molar-refractivity contribution in [3.8, 4) is 0 Å². The summed E-state index contributed by atoms with van der Waals surface area (Å²) in [6.07, 6.45) is -1.05. The summed E-state index contributed by atoms with van der Waals surface area (Å²) in [5, 5.41) is 13.1. The third-order valence-electron chi connectivity index (χ3n) is 2.91. The monoisotopic (exact) mass is 246 g/mol. The molecular weight excluding hydrogens is 220 g/mol. The van der Waals surface area contributed by atoms with Crippen LogP contribution in [-0.4, -0.2) is 42.4 Å². The molecule has 1 rings (SSSR count). The van der Waals surface area contributed by atoms with Gasteiger partial charge in [-0.1, -0.05) is 13.8 Å². The number of ether oxygens (including phenoxy) is 2. The Hall–Kier alpha value is -0.200. The van der Waals surface area contributed by atoms with E-state index in [0.717, 1.165) is 0 Å². The number of nitrogens with one attached hydrogen (secondary N) is 1. The quantitative estimate of drug-likeness (QED) is 0.627. The van der Waals surface area contributed by atoms with Gasteiger partial charge in [-0.25, -0.2) is 0 Å². The van der Waals surface area contributed by atoms with E-state index >= 15 is 0 Å². The molecule has 3 atom stereocenters. The molecule has 0 aromatic carbocycles. The maximum Gasteiger partial charge on any atom is 0.163 e. The molecule has 5 heteroatoms. The van der Waals surface area contributed by atoms with Crippen LogP contribution in [0, 0.1) is 5.41 Å². The first-order valence-electron chi connectivity index (χ1n) is 6.13. The van der Waals surface area contributed by atoms with E-state index in [1.807, 2.05) is 34.6 Å². The van der Waals surface area contributed by atoms with Crippen molar-refractivity contribution in [3.05, 3.63) is 0 Å². The van der Waals surface area contributed by atoms with Crippen LogP contribution in [0.5, 0.6) is 0 Å². The minimum absolute atomic E-state index is 0.000568. The predicted molar refractivity (Wildman–Crippen MR) is 66.3 cm³/mol. The molecule has 1 fully saturated rings. The summed E-state index contributed by atoms with van der Waals surface area (Å²) in [5.41, 5.74) is 5.42. The van der Waals surface area contributed by atoms with E-state index in [2.05, 4.69) is 5.32 Å². The molecule has 4 N–H and O–H groups in total. The van der Waals surface area contributed by atoms with Gasteiger partial charge in [-0.05, 0) is 20.8 Å². The van der Waals surface area contributed by atoms with Crippen LogP contribution in [0.1, 0.15) is 34.6 Å². The SMILES string of the molecule is C[C@H](N)CNC(O)[C@H]1OC(C)(C)OCC1(C)C. The maximum atomic E-state index is 10.1. The number of aliphatic hydroxyl groups excluding tert-OH is 1. The first-order chi connectivity index (χ1) is 7.64. The number of rotatable bonds is 4. The molecule has 1 aliphatic rings. The fraction of sp³-hybridized carbons (Fsp3) is 1.00. The molecule has 0 spiro atoms. The average molecular weight is 246 g/mol. The van der Waals surface area contributed by atoms with Crippen LogP contribution in [0.25, 0.3) is 0 Å².